The van der Waals surface area contributed by atoms with E-state index in [1.807, 2.05) is 0 Å². The lowest BCUT2D eigenvalue weighted by Crippen LogP contribution is -2.23. The number of rotatable bonds is 5. The summed E-state index contributed by atoms with van der Waals surface area (Å²) in [5.74, 6) is -0.399. The Labute approximate surface area is 115 Å². The maximum absolute atomic E-state index is 11.7. The van der Waals surface area contributed by atoms with Crippen molar-refractivity contribution >= 4 is 11.6 Å². The van der Waals surface area contributed by atoms with Crippen LogP contribution in [0.3, 0.4) is 0 Å². The number of hydroxylamine groups is 1. The number of carbonyl (C=O) groups is 1. The van der Waals surface area contributed by atoms with Crippen LogP contribution in [0.25, 0.3) is 0 Å². The molecule has 102 valence electrons. The second-order valence-electron chi connectivity index (χ2n) is 3.97. The normalized spacial score (nSPS) is 10.0. The van der Waals surface area contributed by atoms with Crippen molar-refractivity contribution < 1.29 is 14.6 Å². The van der Waals surface area contributed by atoms with Gasteiger partial charge in [0.25, 0.3) is 11.6 Å². The molecule has 0 saturated heterocycles. The zero-order valence-corrected chi connectivity index (χ0v) is 10.5. The molecule has 0 aliphatic heterocycles. The third-order valence-corrected chi connectivity index (χ3v) is 2.62. The smallest absolute Gasteiger partial charge is 0.268 e. The molecule has 0 atom stereocenters. The lowest BCUT2D eigenvalue weighted by atomic mass is 10.2. The van der Waals surface area contributed by atoms with E-state index in [-0.39, 0.29) is 12.3 Å². The molecule has 1 amide bonds. The van der Waals surface area contributed by atoms with Gasteiger partial charge in [0.05, 0.1) is 10.5 Å². The summed E-state index contributed by atoms with van der Waals surface area (Å²) in [4.78, 5) is 27.0. The van der Waals surface area contributed by atoms with Crippen LogP contribution in [0.5, 0.6) is 0 Å². The Hall–Kier alpha value is -2.73. The Kier molecular flexibility index (Phi) is 4.41. The van der Waals surface area contributed by atoms with E-state index in [0.29, 0.717) is 11.1 Å². The van der Waals surface area contributed by atoms with Crippen LogP contribution in [0.4, 0.5) is 5.69 Å². The number of nitrogens with one attached hydrogen (secondary N) is 1. The molecule has 0 fully saturated rings. The quantitative estimate of drug-likeness (QED) is 0.669. The molecule has 0 aliphatic rings. The lowest BCUT2D eigenvalue weighted by molar-refractivity contribution is -0.386. The Morgan fingerprint density at radius 2 is 1.75 bits per heavy atom. The molecule has 6 nitrogen and oxygen atoms in total. The van der Waals surface area contributed by atoms with Gasteiger partial charge >= 0.3 is 0 Å². The van der Waals surface area contributed by atoms with Crippen molar-refractivity contribution in [2.75, 3.05) is 0 Å². The number of para-hydroxylation sites is 1. The van der Waals surface area contributed by atoms with Gasteiger partial charge in [0.1, 0.15) is 6.61 Å². The predicted molar refractivity (Wildman–Crippen MR) is 71.8 cm³/mol. The van der Waals surface area contributed by atoms with Gasteiger partial charge in [0.15, 0.2) is 0 Å². The van der Waals surface area contributed by atoms with Gasteiger partial charge in [-0.1, -0.05) is 30.3 Å². The van der Waals surface area contributed by atoms with Crippen molar-refractivity contribution in [1.82, 2.24) is 5.48 Å². The van der Waals surface area contributed by atoms with Crippen molar-refractivity contribution in [3.63, 3.8) is 0 Å². The first kappa shape index (κ1) is 13.7. The summed E-state index contributed by atoms with van der Waals surface area (Å²) >= 11 is 0. The molecular weight excluding hydrogens is 260 g/mol. The van der Waals surface area contributed by atoms with Crippen molar-refractivity contribution in [2.24, 2.45) is 0 Å². The van der Waals surface area contributed by atoms with Gasteiger partial charge in [0.2, 0.25) is 0 Å². The van der Waals surface area contributed by atoms with Crippen LogP contribution >= 0.6 is 0 Å². The predicted octanol–water partition coefficient (Wildman–Crippen LogP) is 2.46. The largest absolute Gasteiger partial charge is 0.275 e. The first-order chi connectivity index (χ1) is 9.68. The monoisotopic (exact) mass is 272 g/mol. The van der Waals surface area contributed by atoms with Gasteiger partial charge in [-0.25, -0.2) is 5.48 Å². The summed E-state index contributed by atoms with van der Waals surface area (Å²) in [6, 6.07) is 14.8. The van der Waals surface area contributed by atoms with Gasteiger partial charge in [0, 0.05) is 11.6 Å². The van der Waals surface area contributed by atoms with Gasteiger partial charge in [-0.3, -0.25) is 19.7 Å². The second-order valence-corrected chi connectivity index (χ2v) is 3.97. The number of hydrogen-bond donors (Lipinski definition) is 1. The Bertz CT molecular complexity index is 614. The van der Waals surface area contributed by atoms with E-state index in [0.717, 1.165) is 0 Å². The van der Waals surface area contributed by atoms with E-state index in [9.17, 15) is 14.9 Å². The molecule has 0 aromatic heterocycles. The molecule has 0 spiro atoms. The third-order valence-electron chi connectivity index (χ3n) is 2.62. The van der Waals surface area contributed by atoms with Crippen LogP contribution in [0.1, 0.15) is 15.9 Å². The van der Waals surface area contributed by atoms with Crippen LogP contribution in [0.15, 0.2) is 54.6 Å². The highest BCUT2D eigenvalue weighted by atomic mass is 16.7. The second kappa shape index (κ2) is 6.44. The topological polar surface area (TPSA) is 81.5 Å². The van der Waals surface area contributed by atoms with E-state index < -0.39 is 10.8 Å². The lowest BCUT2D eigenvalue weighted by Gasteiger charge is -2.06. The fourth-order valence-corrected chi connectivity index (χ4v) is 1.64. The number of carbonyl (C=O) groups excluding carboxylic acids is 1. The average molecular weight is 272 g/mol. The van der Waals surface area contributed by atoms with E-state index in [1.54, 1.807) is 48.5 Å². The van der Waals surface area contributed by atoms with Gasteiger partial charge in [-0.15, -0.1) is 0 Å². The molecular formula is C14H12N2O4. The molecule has 2 aromatic rings. The van der Waals surface area contributed by atoms with E-state index in [1.165, 1.54) is 6.07 Å². The highest BCUT2D eigenvalue weighted by Gasteiger charge is 2.13. The maximum atomic E-state index is 11.7. The highest BCUT2D eigenvalue weighted by molar-refractivity contribution is 5.93. The van der Waals surface area contributed by atoms with Crippen molar-refractivity contribution in [3.8, 4) is 0 Å². The van der Waals surface area contributed by atoms with Crippen LogP contribution in [0.2, 0.25) is 0 Å². The van der Waals surface area contributed by atoms with Gasteiger partial charge < -0.3 is 0 Å². The summed E-state index contributed by atoms with van der Waals surface area (Å²) in [6.45, 7) is -0.0737. The molecule has 2 aromatic carbocycles. The summed E-state index contributed by atoms with van der Waals surface area (Å²) in [6.07, 6.45) is 0. The highest BCUT2D eigenvalue weighted by Crippen LogP contribution is 2.17. The Balaban J connectivity index is 1.94. The summed E-state index contributed by atoms with van der Waals surface area (Å²) in [5, 5.41) is 10.8. The molecule has 0 radical (unpaired) electrons. The first-order valence-electron chi connectivity index (χ1n) is 5.88. The van der Waals surface area contributed by atoms with E-state index in [4.69, 9.17) is 4.84 Å². The third kappa shape index (κ3) is 3.39. The number of nitrogens with zero attached hydrogens (tertiary/aromatic N) is 1. The fraction of sp³-hybridized carbons (Fsp3) is 0.0714. The minimum Gasteiger partial charge on any atom is -0.268 e. The molecule has 0 bridgehead atoms. The van der Waals surface area contributed by atoms with E-state index >= 15 is 0 Å². The minimum absolute atomic E-state index is 0.0403. The number of hydrogen-bond acceptors (Lipinski definition) is 4. The summed E-state index contributed by atoms with van der Waals surface area (Å²) in [7, 11) is 0. The number of amides is 1. The average Bonchev–Trinajstić information content (AvgIpc) is 2.48. The zero-order chi connectivity index (χ0) is 14.4. The molecule has 0 heterocycles. The summed E-state index contributed by atoms with van der Waals surface area (Å²) < 4.78 is 0. The molecule has 6 heteroatoms. The van der Waals surface area contributed by atoms with Crippen LogP contribution in [-0.2, 0) is 11.4 Å². The molecule has 1 N–H and O–H groups in total. The number of nitro benzene ring substituents is 1. The van der Waals surface area contributed by atoms with Gasteiger partial charge in [-0.05, 0) is 18.2 Å². The number of nitro groups is 1. The van der Waals surface area contributed by atoms with Gasteiger partial charge in [-0.2, -0.15) is 0 Å². The molecule has 0 unspecified atom stereocenters. The standard InChI is InChI=1S/C14H12N2O4/c17-14(11-6-2-1-3-7-11)15-20-10-12-8-4-5-9-13(12)16(18)19/h1-9H,10H2,(H,15,17). The molecule has 2 rings (SSSR count). The fourth-order valence-electron chi connectivity index (χ4n) is 1.64. The van der Waals surface area contributed by atoms with Crippen LogP contribution < -0.4 is 5.48 Å². The van der Waals surface area contributed by atoms with Crippen molar-refractivity contribution in [2.45, 2.75) is 6.61 Å². The van der Waals surface area contributed by atoms with Crippen molar-refractivity contribution in [3.05, 3.63) is 75.8 Å². The first-order valence-corrected chi connectivity index (χ1v) is 5.88. The maximum Gasteiger partial charge on any atom is 0.275 e. The van der Waals surface area contributed by atoms with E-state index in [2.05, 4.69) is 5.48 Å². The zero-order valence-electron chi connectivity index (χ0n) is 10.5. The molecule has 0 aliphatic carbocycles. The number of benzene rings is 2. The van der Waals surface area contributed by atoms with Crippen LogP contribution in [0, 0.1) is 10.1 Å². The summed E-state index contributed by atoms with van der Waals surface area (Å²) in [5.41, 5.74) is 3.06. The minimum atomic E-state index is -0.488. The SMILES string of the molecule is O=C(NOCc1ccccc1[N+](=O)[O-])c1ccccc1. The molecule has 0 saturated carbocycles. The Morgan fingerprint density at radius 1 is 1.10 bits per heavy atom. The van der Waals surface area contributed by atoms with Crippen molar-refractivity contribution in [1.29, 1.82) is 0 Å². The molecule has 20 heavy (non-hydrogen) atoms. The van der Waals surface area contributed by atoms with Crippen LogP contribution in [-0.4, -0.2) is 10.8 Å². The Morgan fingerprint density at radius 3 is 2.45 bits per heavy atom.